The van der Waals surface area contributed by atoms with Crippen LogP contribution < -0.4 is 10.5 Å². The average Bonchev–Trinajstić information content (AvgIpc) is 2.79. The van der Waals surface area contributed by atoms with E-state index < -0.39 is 27.5 Å². The number of benzene rings is 1. The van der Waals surface area contributed by atoms with Crippen LogP contribution in [-0.4, -0.2) is 49.7 Å². The van der Waals surface area contributed by atoms with Crippen molar-refractivity contribution in [1.82, 2.24) is 14.2 Å². The first-order valence-electron chi connectivity index (χ1n) is 7.94. The van der Waals surface area contributed by atoms with Crippen molar-refractivity contribution >= 4 is 27.2 Å². The molecule has 144 valence electrons. The van der Waals surface area contributed by atoms with Crippen molar-refractivity contribution < 1.29 is 22.4 Å². The van der Waals surface area contributed by atoms with Crippen LogP contribution in [0, 0.1) is 0 Å². The fourth-order valence-electron chi connectivity index (χ4n) is 2.14. The van der Waals surface area contributed by atoms with Crippen LogP contribution in [0.4, 0.5) is 4.79 Å². The Hall–Kier alpha value is -2.33. The first-order valence-corrected chi connectivity index (χ1v) is 9.42. The Kier molecular flexibility index (Phi) is 5.47. The second-order valence-electron chi connectivity index (χ2n) is 6.86. The van der Waals surface area contributed by atoms with E-state index in [0.29, 0.717) is 5.52 Å². The standard InChI is InChI=1S/C16H23N3O6S/c1-16(2,3)25-14(20)18(4)9-8-17-26(22,23)11-6-7-12-13(10-11)24-15(21)19(12)5/h6-7,10,17H,8-9H2,1-5H3. The molecule has 2 rings (SSSR count). The van der Waals surface area contributed by atoms with Crippen LogP contribution in [0.2, 0.25) is 0 Å². The summed E-state index contributed by atoms with van der Waals surface area (Å²) in [5.41, 5.74) is 0.0599. The maximum Gasteiger partial charge on any atom is 0.419 e. The third-order valence-corrected chi connectivity index (χ3v) is 4.98. The largest absolute Gasteiger partial charge is 0.444 e. The Morgan fingerprint density at radius 2 is 2.00 bits per heavy atom. The lowest BCUT2D eigenvalue weighted by molar-refractivity contribution is 0.0302. The number of oxazole rings is 1. The quantitative estimate of drug-likeness (QED) is 0.830. The van der Waals surface area contributed by atoms with E-state index in [-0.39, 0.29) is 23.6 Å². The van der Waals surface area contributed by atoms with E-state index >= 15 is 0 Å². The van der Waals surface area contributed by atoms with Gasteiger partial charge in [0.2, 0.25) is 10.0 Å². The van der Waals surface area contributed by atoms with E-state index in [9.17, 15) is 18.0 Å². The maximum atomic E-state index is 12.4. The summed E-state index contributed by atoms with van der Waals surface area (Å²) in [6.45, 7) is 5.39. The number of hydrogen-bond donors (Lipinski definition) is 1. The van der Waals surface area contributed by atoms with Gasteiger partial charge in [0.25, 0.3) is 0 Å². The lowest BCUT2D eigenvalue weighted by Gasteiger charge is -2.24. The van der Waals surface area contributed by atoms with Gasteiger partial charge in [0.05, 0.1) is 10.4 Å². The monoisotopic (exact) mass is 385 g/mol. The molecular weight excluding hydrogens is 362 g/mol. The number of fused-ring (bicyclic) bond motifs is 1. The van der Waals surface area contributed by atoms with Gasteiger partial charge in [-0.1, -0.05) is 0 Å². The SMILES string of the molecule is CN(CCNS(=O)(=O)c1ccc2c(c1)oc(=O)n2C)C(=O)OC(C)(C)C. The number of nitrogens with one attached hydrogen (secondary N) is 1. The topological polar surface area (TPSA) is 111 Å². The zero-order chi connectivity index (χ0) is 19.7. The minimum absolute atomic E-state index is 0.00878. The van der Waals surface area contributed by atoms with Crippen molar-refractivity contribution in [3.8, 4) is 0 Å². The van der Waals surface area contributed by atoms with Gasteiger partial charge >= 0.3 is 11.8 Å². The van der Waals surface area contributed by atoms with Gasteiger partial charge in [-0.3, -0.25) is 4.57 Å². The van der Waals surface area contributed by atoms with Crippen molar-refractivity contribution in [2.45, 2.75) is 31.3 Å². The number of sulfonamides is 1. The van der Waals surface area contributed by atoms with Crippen molar-refractivity contribution in [2.24, 2.45) is 7.05 Å². The molecule has 0 atom stereocenters. The summed E-state index contributed by atoms with van der Waals surface area (Å²) in [7, 11) is -0.756. The van der Waals surface area contributed by atoms with E-state index in [1.807, 2.05) is 0 Å². The van der Waals surface area contributed by atoms with Crippen molar-refractivity contribution in [3.63, 3.8) is 0 Å². The Morgan fingerprint density at radius 3 is 2.62 bits per heavy atom. The number of nitrogens with zero attached hydrogens (tertiary/aromatic N) is 2. The van der Waals surface area contributed by atoms with Crippen LogP contribution in [0.25, 0.3) is 11.1 Å². The predicted molar refractivity (Wildman–Crippen MR) is 95.5 cm³/mol. The highest BCUT2D eigenvalue weighted by Crippen LogP contribution is 2.17. The zero-order valence-corrected chi connectivity index (χ0v) is 16.2. The Labute approximate surface area is 151 Å². The zero-order valence-electron chi connectivity index (χ0n) is 15.4. The van der Waals surface area contributed by atoms with E-state index in [1.165, 1.54) is 41.8 Å². The molecule has 0 saturated heterocycles. The third-order valence-electron chi connectivity index (χ3n) is 3.52. The molecule has 0 aliphatic carbocycles. The first-order chi connectivity index (χ1) is 11.9. The minimum Gasteiger partial charge on any atom is -0.444 e. The van der Waals surface area contributed by atoms with Gasteiger partial charge in [-0.15, -0.1) is 0 Å². The van der Waals surface area contributed by atoms with Crippen molar-refractivity contribution in [2.75, 3.05) is 20.1 Å². The van der Waals surface area contributed by atoms with Crippen LogP contribution in [0.3, 0.4) is 0 Å². The molecule has 1 heterocycles. The summed E-state index contributed by atoms with van der Waals surface area (Å²) in [5.74, 6) is -0.568. The molecule has 0 spiro atoms. The molecule has 10 heteroatoms. The summed E-state index contributed by atoms with van der Waals surface area (Å²) in [4.78, 5) is 24.6. The summed E-state index contributed by atoms with van der Waals surface area (Å²) in [6, 6.07) is 4.18. The van der Waals surface area contributed by atoms with E-state index in [0.717, 1.165) is 0 Å². The maximum absolute atomic E-state index is 12.4. The highest BCUT2D eigenvalue weighted by Gasteiger charge is 2.21. The number of hydrogen-bond acceptors (Lipinski definition) is 6. The minimum atomic E-state index is -3.81. The summed E-state index contributed by atoms with van der Waals surface area (Å²) >= 11 is 0. The van der Waals surface area contributed by atoms with Crippen LogP contribution in [0.15, 0.2) is 32.3 Å². The summed E-state index contributed by atoms with van der Waals surface area (Å²) in [6.07, 6.45) is -0.538. The normalized spacial score (nSPS) is 12.3. The second kappa shape index (κ2) is 7.12. The number of amides is 1. The first kappa shape index (κ1) is 20.0. The number of likely N-dealkylation sites (N-methyl/N-ethyl adjacent to an activating group) is 1. The van der Waals surface area contributed by atoms with Gasteiger partial charge in [0.1, 0.15) is 5.60 Å². The molecular formula is C16H23N3O6S. The van der Waals surface area contributed by atoms with E-state index in [1.54, 1.807) is 20.8 Å². The van der Waals surface area contributed by atoms with Gasteiger partial charge in [-0.2, -0.15) is 0 Å². The smallest absolute Gasteiger partial charge is 0.419 e. The molecule has 1 amide bonds. The lowest BCUT2D eigenvalue weighted by Crippen LogP contribution is -2.39. The summed E-state index contributed by atoms with van der Waals surface area (Å²) < 4.78 is 38.6. The molecule has 1 aromatic carbocycles. The van der Waals surface area contributed by atoms with E-state index in [2.05, 4.69) is 4.72 Å². The fraction of sp³-hybridized carbons (Fsp3) is 0.500. The number of rotatable bonds is 5. The Morgan fingerprint density at radius 1 is 1.35 bits per heavy atom. The summed E-state index contributed by atoms with van der Waals surface area (Å²) in [5, 5.41) is 0. The number of ether oxygens (including phenoxy) is 1. The molecule has 0 fully saturated rings. The van der Waals surface area contributed by atoms with Crippen LogP contribution in [0.1, 0.15) is 20.8 Å². The highest BCUT2D eigenvalue weighted by molar-refractivity contribution is 7.89. The van der Waals surface area contributed by atoms with E-state index in [4.69, 9.17) is 9.15 Å². The highest BCUT2D eigenvalue weighted by atomic mass is 32.2. The number of aryl methyl sites for hydroxylation is 1. The molecule has 0 unspecified atom stereocenters. The Bertz CT molecular complexity index is 968. The molecule has 0 aliphatic heterocycles. The van der Waals surface area contributed by atoms with Crippen molar-refractivity contribution in [3.05, 3.63) is 28.7 Å². The van der Waals surface area contributed by atoms with Gasteiger partial charge in [0, 0.05) is 33.3 Å². The fourth-order valence-corrected chi connectivity index (χ4v) is 3.18. The molecule has 0 saturated carbocycles. The number of aromatic nitrogens is 1. The molecule has 9 nitrogen and oxygen atoms in total. The van der Waals surface area contributed by atoms with Gasteiger partial charge in [0.15, 0.2) is 5.58 Å². The van der Waals surface area contributed by atoms with Crippen LogP contribution in [0.5, 0.6) is 0 Å². The van der Waals surface area contributed by atoms with Crippen molar-refractivity contribution in [1.29, 1.82) is 0 Å². The molecule has 0 radical (unpaired) electrons. The van der Waals surface area contributed by atoms with Gasteiger partial charge in [-0.05, 0) is 32.9 Å². The number of carbonyl (C=O) groups is 1. The lowest BCUT2D eigenvalue weighted by atomic mass is 10.2. The number of carbonyl (C=O) groups excluding carboxylic acids is 1. The molecule has 0 aliphatic rings. The molecule has 26 heavy (non-hydrogen) atoms. The predicted octanol–water partition coefficient (Wildman–Crippen LogP) is 1.28. The third kappa shape index (κ3) is 4.64. The molecule has 0 bridgehead atoms. The molecule has 2 aromatic rings. The van der Waals surface area contributed by atoms with Gasteiger partial charge in [-0.25, -0.2) is 22.7 Å². The van der Waals surface area contributed by atoms with Crippen LogP contribution >= 0.6 is 0 Å². The average molecular weight is 385 g/mol. The molecule has 1 aromatic heterocycles. The molecule has 1 N–H and O–H groups in total. The van der Waals surface area contributed by atoms with Gasteiger partial charge < -0.3 is 14.1 Å². The Balaban J connectivity index is 2.03. The second-order valence-corrected chi connectivity index (χ2v) is 8.62. The van der Waals surface area contributed by atoms with Crippen LogP contribution in [-0.2, 0) is 21.8 Å².